The van der Waals surface area contributed by atoms with Gasteiger partial charge < -0.3 is 9.84 Å². The molecule has 1 aliphatic carbocycles. The molecule has 1 unspecified atom stereocenters. The van der Waals surface area contributed by atoms with Gasteiger partial charge in [0.1, 0.15) is 5.75 Å². The van der Waals surface area contributed by atoms with Crippen LogP contribution in [0.15, 0.2) is 36.9 Å². The fourth-order valence-corrected chi connectivity index (χ4v) is 3.23. The zero-order chi connectivity index (χ0) is 16.1. The van der Waals surface area contributed by atoms with Crippen LogP contribution in [0.3, 0.4) is 0 Å². The summed E-state index contributed by atoms with van der Waals surface area (Å²) in [5.74, 6) is -0.663. The van der Waals surface area contributed by atoms with E-state index in [1.165, 1.54) is 6.08 Å². The highest BCUT2D eigenvalue weighted by atomic mass is 19.3. The van der Waals surface area contributed by atoms with Crippen LogP contribution in [0.2, 0.25) is 0 Å². The number of aliphatic carboxylic acids is 1. The normalized spacial score (nSPS) is 23.0. The van der Waals surface area contributed by atoms with Gasteiger partial charge in [0.15, 0.2) is 0 Å². The Morgan fingerprint density at radius 2 is 1.82 bits per heavy atom. The van der Waals surface area contributed by atoms with E-state index in [-0.39, 0.29) is 11.7 Å². The van der Waals surface area contributed by atoms with Crippen molar-refractivity contribution in [1.82, 2.24) is 0 Å². The van der Waals surface area contributed by atoms with Crippen molar-refractivity contribution in [2.45, 2.75) is 38.2 Å². The third-order valence-corrected chi connectivity index (χ3v) is 4.40. The minimum absolute atomic E-state index is 0.132. The lowest BCUT2D eigenvalue weighted by Gasteiger charge is -2.31. The van der Waals surface area contributed by atoms with Gasteiger partial charge in [0.25, 0.3) is 0 Å². The molecule has 0 aliphatic heterocycles. The molecule has 0 radical (unpaired) electrons. The SMILES string of the molecule is C=CC(C(=O)O)C1CCC(c2ccc(OC(F)F)cc2)CC1. The Bertz CT molecular complexity index is 505. The Hall–Kier alpha value is -1.91. The summed E-state index contributed by atoms with van der Waals surface area (Å²) in [7, 11) is 0. The fourth-order valence-electron chi connectivity index (χ4n) is 3.23. The number of carboxylic acids is 1. The number of rotatable bonds is 6. The number of ether oxygens (including phenoxy) is 1. The van der Waals surface area contributed by atoms with E-state index in [0.29, 0.717) is 5.92 Å². The monoisotopic (exact) mass is 310 g/mol. The molecule has 0 saturated heterocycles. The average molecular weight is 310 g/mol. The number of carbonyl (C=O) groups is 1. The van der Waals surface area contributed by atoms with E-state index in [0.717, 1.165) is 31.2 Å². The van der Waals surface area contributed by atoms with Crippen molar-refractivity contribution < 1.29 is 23.4 Å². The van der Waals surface area contributed by atoms with Crippen LogP contribution < -0.4 is 4.74 Å². The van der Waals surface area contributed by atoms with Gasteiger partial charge in [-0.05, 0) is 55.2 Å². The average Bonchev–Trinajstić information content (AvgIpc) is 2.48. The van der Waals surface area contributed by atoms with Gasteiger partial charge in [0, 0.05) is 0 Å². The molecule has 1 aliphatic rings. The summed E-state index contributed by atoms with van der Waals surface area (Å²) in [5.41, 5.74) is 1.09. The second kappa shape index (κ2) is 7.38. The third kappa shape index (κ3) is 4.06. The molecule has 1 aromatic rings. The van der Waals surface area contributed by atoms with Crippen LogP contribution in [-0.4, -0.2) is 17.7 Å². The fraction of sp³-hybridized carbons (Fsp3) is 0.471. The Balaban J connectivity index is 1.94. The zero-order valence-electron chi connectivity index (χ0n) is 12.3. The van der Waals surface area contributed by atoms with E-state index < -0.39 is 18.5 Å². The molecule has 0 spiro atoms. The maximum absolute atomic E-state index is 12.1. The van der Waals surface area contributed by atoms with Gasteiger partial charge >= 0.3 is 12.6 Å². The minimum atomic E-state index is -2.81. The second-order valence-electron chi connectivity index (χ2n) is 5.66. The van der Waals surface area contributed by atoms with Crippen molar-refractivity contribution in [3.05, 3.63) is 42.5 Å². The first-order valence-electron chi connectivity index (χ1n) is 7.41. The molecule has 1 atom stereocenters. The van der Waals surface area contributed by atoms with Crippen molar-refractivity contribution in [2.24, 2.45) is 11.8 Å². The molecule has 5 heteroatoms. The zero-order valence-corrected chi connectivity index (χ0v) is 12.3. The van der Waals surface area contributed by atoms with E-state index >= 15 is 0 Å². The molecule has 0 heterocycles. The molecule has 3 nitrogen and oxygen atoms in total. The largest absolute Gasteiger partial charge is 0.481 e. The van der Waals surface area contributed by atoms with Gasteiger partial charge in [-0.25, -0.2) is 0 Å². The molecule has 0 bridgehead atoms. The molecule has 22 heavy (non-hydrogen) atoms. The molecule has 1 saturated carbocycles. The smallest absolute Gasteiger partial charge is 0.387 e. The lowest BCUT2D eigenvalue weighted by atomic mass is 9.74. The molecule has 1 N–H and O–H groups in total. The van der Waals surface area contributed by atoms with Crippen LogP contribution in [0.25, 0.3) is 0 Å². The van der Waals surface area contributed by atoms with Crippen molar-refractivity contribution in [3.8, 4) is 5.75 Å². The van der Waals surface area contributed by atoms with Crippen LogP contribution in [0.4, 0.5) is 8.78 Å². The number of alkyl halides is 2. The van der Waals surface area contributed by atoms with Crippen molar-refractivity contribution >= 4 is 5.97 Å². The Morgan fingerprint density at radius 3 is 2.27 bits per heavy atom. The van der Waals surface area contributed by atoms with E-state index in [4.69, 9.17) is 5.11 Å². The standard InChI is InChI=1S/C17H20F2O3/c1-2-15(16(20)21)13-5-3-11(4-6-13)12-7-9-14(10-8-12)22-17(18)19/h2,7-11,13,15,17H,1,3-6H2,(H,20,21). The first-order valence-corrected chi connectivity index (χ1v) is 7.41. The number of halogens is 2. The predicted molar refractivity (Wildman–Crippen MR) is 79.1 cm³/mol. The molecular formula is C17H20F2O3. The first-order chi connectivity index (χ1) is 10.5. The summed E-state index contributed by atoms with van der Waals surface area (Å²) in [5, 5.41) is 9.16. The Morgan fingerprint density at radius 1 is 1.23 bits per heavy atom. The van der Waals surface area contributed by atoms with Crippen molar-refractivity contribution in [1.29, 1.82) is 0 Å². The number of hydrogen-bond acceptors (Lipinski definition) is 2. The summed E-state index contributed by atoms with van der Waals surface area (Å²) < 4.78 is 28.6. The predicted octanol–water partition coefficient (Wildman–Crippen LogP) is 4.45. The van der Waals surface area contributed by atoms with Gasteiger partial charge in [-0.1, -0.05) is 18.2 Å². The summed E-state index contributed by atoms with van der Waals surface area (Å²) in [6.07, 6.45) is 4.99. The molecule has 0 amide bonds. The second-order valence-corrected chi connectivity index (χ2v) is 5.66. The van der Waals surface area contributed by atoms with Gasteiger partial charge in [-0.3, -0.25) is 4.79 Å². The van der Waals surface area contributed by atoms with Gasteiger partial charge in [-0.15, -0.1) is 6.58 Å². The highest BCUT2D eigenvalue weighted by molar-refractivity contribution is 5.72. The van der Waals surface area contributed by atoms with Crippen LogP contribution >= 0.6 is 0 Å². The molecule has 120 valence electrons. The maximum atomic E-state index is 12.1. The quantitative estimate of drug-likeness (QED) is 0.790. The minimum Gasteiger partial charge on any atom is -0.481 e. The van der Waals surface area contributed by atoms with E-state index in [1.54, 1.807) is 12.1 Å². The summed E-state index contributed by atoms with van der Waals surface area (Å²) in [6.45, 7) is 0.800. The Labute approximate surface area is 128 Å². The van der Waals surface area contributed by atoms with Crippen LogP contribution in [-0.2, 0) is 4.79 Å². The lowest BCUT2D eigenvalue weighted by molar-refractivity contribution is -0.142. The number of carboxylic acid groups (broad SMARTS) is 1. The lowest BCUT2D eigenvalue weighted by Crippen LogP contribution is -2.25. The number of benzene rings is 1. The molecule has 1 fully saturated rings. The molecule has 0 aromatic heterocycles. The van der Waals surface area contributed by atoms with Gasteiger partial charge in [-0.2, -0.15) is 8.78 Å². The van der Waals surface area contributed by atoms with E-state index in [1.807, 2.05) is 12.1 Å². The first kappa shape index (κ1) is 16.5. The molecule has 1 aromatic carbocycles. The third-order valence-electron chi connectivity index (χ3n) is 4.40. The van der Waals surface area contributed by atoms with Gasteiger partial charge in [0.2, 0.25) is 0 Å². The van der Waals surface area contributed by atoms with E-state index in [2.05, 4.69) is 11.3 Å². The highest BCUT2D eigenvalue weighted by Gasteiger charge is 2.30. The molecule has 2 rings (SSSR count). The summed E-state index contributed by atoms with van der Waals surface area (Å²) in [6, 6.07) is 6.73. The van der Waals surface area contributed by atoms with Crippen LogP contribution in [0.1, 0.15) is 37.2 Å². The summed E-state index contributed by atoms with van der Waals surface area (Å²) in [4.78, 5) is 11.2. The Kier molecular flexibility index (Phi) is 5.52. The topological polar surface area (TPSA) is 46.5 Å². The van der Waals surface area contributed by atoms with E-state index in [9.17, 15) is 13.6 Å². The van der Waals surface area contributed by atoms with Crippen molar-refractivity contribution in [3.63, 3.8) is 0 Å². The highest BCUT2D eigenvalue weighted by Crippen LogP contribution is 2.39. The van der Waals surface area contributed by atoms with Crippen LogP contribution in [0.5, 0.6) is 5.75 Å². The van der Waals surface area contributed by atoms with Gasteiger partial charge in [0.05, 0.1) is 5.92 Å². The molecular weight excluding hydrogens is 290 g/mol. The maximum Gasteiger partial charge on any atom is 0.387 e. The number of hydrogen-bond donors (Lipinski definition) is 1. The van der Waals surface area contributed by atoms with Crippen molar-refractivity contribution in [2.75, 3.05) is 0 Å². The van der Waals surface area contributed by atoms with Crippen LogP contribution in [0, 0.1) is 11.8 Å². The summed E-state index contributed by atoms with van der Waals surface area (Å²) >= 11 is 0.